The number of aromatic hydroxyl groups is 1. The Labute approximate surface area is 98.5 Å². The fourth-order valence-electron chi connectivity index (χ4n) is 1.16. The van der Waals surface area contributed by atoms with Crippen LogP contribution < -0.4 is 10.2 Å². The number of carbonyl (C=O) groups excluding carboxylic acids is 1. The second-order valence-electron chi connectivity index (χ2n) is 3.59. The van der Waals surface area contributed by atoms with Crippen molar-refractivity contribution in [2.75, 3.05) is 11.9 Å². The molecule has 2 amide bonds. The summed E-state index contributed by atoms with van der Waals surface area (Å²) in [6.07, 6.45) is 0. The van der Waals surface area contributed by atoms with Gasteiger partial charge in [0.15, 0.2) is 0 Å². The summed E-state index contributed by atoms with van der Waals surface area (Å²) < 4.78 is 0. The van der Waals surface area contributed by atoms with E-state index in [1.807, 2.05) is 0 Å². The summed E-state index contributed by atoms with van der Waals surface area (Å²) in [7, 11) is 1.48. The molecule has 0 saturated heterocycles. The molecule has 1 rings (SSSR count). The normalized spacial score (nSPS) is 11.6. The van der Waals surface area contributed by atoms with Crippen molar-refractivity contribution >= 4 is 17.7 Å². The lowest BCUT2D eigenvalue weighted by Crippen LogP contribution is -2.45. The number of nitrogens with zero attached hydrogens (tertiary/aromatic N) is 1. The van der Waals surface area contributed by atoms with Crippen molar-refractivity contribution in [3.05, 3.63) is 24.3 Å². The minimum Gasteiger partial charge on any atom is -0.508 e. The smallest absolute Gasteiger partial charge is 0.325 e. The molecule has 1 aromatic carbocycles. The highest BCUT2D eigenvalue weighted by molar-refractivity contribution is 5.94. The van der Waals surface area contributed by atoms with E-state index in [9.17, 15) is 14.7 Å². The molecule has 1 aromatic rings. The van der Waals surface area contributed by atoms with E-state index in [4.69, 9.17) is 5.11 Å². The molecule has 0 unspecified atom stereocenters. The van der Waals surface area contributed by atoms with Crippen LogP contribution in [0.3, 0.4) is 0 Å². The predicted molar refractivity (Wildman–Crippen MR) is 62.1 cm³/mol. The van der Waals surface area contributed by atoms with Crippen LogP contribution in [0.1, 0.15) is 6.92 Å². The summed E-state index contributed by atoms with van der Waals surface area (Å²) in [5.74, 6) is -1.07. The van der Waals surface area contributed by atoms with Crippen molar-refractivity contribution in [2.45, 2.75) is 13.0 Å². The number of amides is 2. The molecule has 1 atom stereocenters. The summed E-state index contributed by atoms with van der Waals surface area (Å²) in [5, 5.41) is 20.2. The first kappa shape index (κ1) is 12.8. The minimum atomic E-state index is -1.11. The van der Waals surface area contributed by atoms with Crippen LogP contribution in [0.2, 0.25) is 0 Å². The Hall–Kier alpha value is -2.24. The maximum Gasteiger partial charge on any atom is 0.325 e. The molecule has 0 spiro atoms. The fraction of sp³-hybridized carbons (Fsp3) is 0.273. The van der Waals surface area contributed by atoms with E-state index in [0.717, 1.165) is 0 Å². The molecular formula is C11H14N2O4. The largest absolute Gasteiger partial charge is 0.508 e. The van der Waals surface area contributed by atoms with Gasteiger partial charge in [-0.05, 0) is 19.1 Å². The highest BCUT2D eigenvalue weighted by atomic mass is 16.4. The summed E-state index contributed by atoms with van der Waals surface area (Å²) in [6.45, 7) is 1.37. The summed E-state index contributed by atoms with van der Waals surface area (Å²) in [4.78, 5) is 23.4. The fourth-order valence-corrected chi connectivity index (χ4v) is 1.16. The third kappa shape index (κ3) is 3.37. The Morgan fingerprint density at radius 2 is 2.06 bits per heavy atom. The van der Waals surface area contributed by atoms with Gasteiger partial charge in [0.25, 0.3) is 0 Å². The lowest BCUT2D eigenvalue weighted by atomic mass is 10.3. The lowest BCUT2D eigenvalue weighted by Gasteiger charge is -2.19. The number of carboxylic acids is 1. The second-order valence-corrected chi connectivity index (χ2v) is 3.59. The molecule has 3 N–H and O–H groups in total. The number of hydrogen-bond donors (Lipinski definition) is 3. The maximum absolute atomic E-state index is 11.6. The average molecular weight is 238 g/mol. The second kappa shape index (κ2) is 5.20. The summed E-state index contributed by atoms with van der Waals surface area (Å²) in [6, 6.07) is 4.59. The van der Waals surface area contributed by atoms with Crippen molar-refractivity contribution in [3.63, 3.8) is 0 Å². The third-order valence-electron chi connectivity index (χ3n) is 2.23. The number of aliphatic carboxylic acids is 1. The number of phenols is 1. The standard InChI is InChI=1S/C11H14N2O4/c1-7(10(15)16)12-11(17)13(2)8-4-3-5-9(14)6-8/h3-7,14H,1-2H3,(H,12,17)(H,15,16)/t7-/m1/s1. The minimum absolute atomic E-state index is 0.0356. The van der Waals surface area contributed by atoms with Gasteiger partial charge in [-0.25, -0.2) is 4.79 Å². The first-order chi connectivity index (χ1) is 7.91. The van der Waals surface area contributed by atoms with E-state index in [0.29, 0.717) is 5.69 Å². The SMILES string of the molecule is C[C@@H](NC(=O)N(C)c1cccc(O)c1)C(=O)O. The Kier molecular flexibility index (Phi) is 3.92. The van der Waals surface area contributed by atoms with E-state index >= 15 is 0 Å². The van der Waals surface area contributed by atoms with Crippen LogP contribution in [0.15, 0.2) is 24.3 Å². The van der Waals surface area contributed by atoms with E-state index in [1.165, 1.54) is 31.0 Å². The summed E-state index contributed by atoms with van der Waals surface area (Å²) >= 11 is 0. The number of hydrogen-bond acceptors (Lipinski definition) is 3. The molecule has 0 saturated carbocycles. The number of rotatable bonds is 3. The first-order valence-electron chi connectivity index (χ1n) is 4.98. The van der Waals surface area contributed by atoms with Gasteiger partial charge >= 0.3 is 12.0 Å². The van der Waals surface area contributed by atoms with Gasteiger partial charge in [-0.3, -0.25) is 9.69 Å². The Morgan fingerprint density at radius 1 is 1.41 bits per heavy atom. The number of carboxylic acid groups (broad SMARTS) is 1. The zero-order valence-corrected chi connectivity index (χ0v) is 9.54. The van der Waals surface area contributed by atoms with Crippen LogP contribution in [0, 0.1) is 0 Å². The maximum atomic E-state index is 11.6. The molecule has 0 heterocycles. The van der Waals surface area contributed by atoms with Crippen LogP contribution in [0.5, 0.6) is 5.75 Å². The quantitative estimate of drug-likeness (QED) is 0.733. The van der Waals surface area contributed by atoms with Gasteiger partial charge in [0.2, 0.25) is 0 Å². The van der Waals surface area contributed by atoms with Gasteiger partial charge in [-0.1, -0.05) is 6.07 Å². The first-order valence-corrected chi connectivity index (χ1v) is 4.98. The number of anilines is 1. The Balaban J connectivity index is 2.73. The third-order valence-corrected chi connectivity index (χ3v) is 2.23. The number of nitrogens with one attached hydrogen (secondary N) is 1. The van der Waals surface area contributed by atoms with E-state index in [-0.39, 0.29) is 5.75 Å². The van der Waals surface area contributed by atoms with Crippen LogP contribution in [0.25, 0.3) is 0 Å². The molecule has 0 aliphatic carbocycles. The van der Waals surface area contributed by atoms with Crippen LogP contribution in [0.4, 0.5) is 10.5 Å². The number of carbonyl (C=O) groups is 2. The molecule has 0 radical (unpaired) electrons. The number of benzene rings is 1. The number of urea groups is 1. The molecule has 0 aliphatic rings. The van der Waals surface area contributed by atoms with Gasteiger partial charge in [0.05, 0.1) is 0 Å². The molecular weight excluding hydrogens is 224 g/mol. The topological polar surface area (TPSA) is 89.9 Å². The van der Waals surface area contributed by atoms with Gasteiger partial charge < -0.3 is 15.5 Å². The van der Waals surface area contributed by atoms with Crippen molar-refractivity contribution in [1.29, 1.82) is 0 Å². The van der Waals surface area contributed by atoms with Gasteiger partial charge in [0, 0.05) is 18.8 Å². The average Bonchev–Trinajstić information content (AvgIpc) is 2.27. The predicted octanol–water partition coefficient (Wildman–Crippen LogP) is 1.01. The molecule has 17 heavy (non-hydrogen) atoms. The highest BCUT2D eigenvalue weighted by Gasteiger charge is 2.17. The molecule has 92 valence electrons. The molecule has 0 aliphatic heterocycles. The van der Waals surface area contributed by atoms with Gasteiger partial charge in [-0.15, -0.1) is 0 Å². The van der Waals surface area contributed by atoms with Crippen LogP contribution >= 0.6 is 0 Å². The van der Waals surface area contributed by atoms with E-state index < -0.39 is 18.0 Å². The lowest BCUT2D eigenvalue weighted by molar-refractivity contribution is -0.138. The van der Waals surface area contributed by atoms with Crippen molar-refractivity contribution in [2.24, 2.45) is 0 Å². The van der Waals surface area contributed by atoms with E-state index in [2.05, 4.69) is 5.32 Å². The monoisotopic (exact) mass is 238 g/mol. The molecule has 0 aromatic heterocycles. The highest BCUT2D eigenvalue weighted by Crippen LogP contribution is 2.18. The van der Waals surface area contributed by atoms with E-state index in [1.54, 1.807) is 12.1 Å². The van der Waals surface area contributed by atoms with Crippen molar-refractivity contribution in [1.82, 2.24) is 5.32 Å². The molecule has 6 heteroatoms. The molecule has 0 fully saturated rings. The van der Waals surface area contributed by atoms with Crippen LogP contribution in [-0.2, 0) is 4.79 Å². The van der Waals surface area contributed by atoms with Crippen molar-refractivity contribution in [3.8, 4) is 5.75 Å². The van der Waals surface area contributed by atoms with Crippen molar-refractivity contribution < 1.29 is 19.8 Å². The zero-order chi connectivity index (χ0) is 13.0. The zero-order valence-electron chi connectivity index (χ0n) is 9.54. The van der Waals surface area contributed by atoms with Gasteiger partial charge in [-0.2, -0.15) is 0 Å². The summed E-state index contributed by atoms with van der Waals surface area (Å²) in [5.41, 5.74) is 0.472. The van der Waals surface area contributed by atoms with Crippen LogP contribution in [-0.4, -0.2) is 35.3 Å². The van der Waals surface area contributed by atoms with Gasteiger partial charge in [0.1, 0.15) is 11.8 Å². The number of phenolic OH excluding ortho intramolecular Hbond substituents is 1. The Bertz CT molecular complexity index is 433. The molecule has 0 bridgehead atoms. The molecule has 6 nitrogen and oxygen atoms in total. The Morgan fingerprint density at radius 3 is 2.59 bits per heavy atom.